The Labute approximate surface area is 108 Å². The fourth-order valence-electron chi connectivity index (χ4n) is 4.21. The molecule has 0 N–H and O–H groups in total. The van der Waals surface area contributed by atoms with Gasteiger partial charge in [0, 0.05) is 12.6 Å². The Kier molecular flexibility index (Phi) is 4.52. The summed E-state index contributed by atoms with van der Waals surface area (Å²) in [6, 6.07) is 0.743. The molecule has 100 valence electrons. The van der Waals surface area contributed by atoms with Gasteiger partial charge in [-0.05, 0) is 50.5 Å². The molecule has 0 amide bonds. The zero-order valence-electron chi connectivity index (χ0n) is 12.3. The lowest BCUT2D eigenvalue weighted by molar-refractivity contribution is 0.0391. The Morgan fingerprint density at radius 2 is 1.59 bits per heavy atom. The van der Waals surface area contributed by atoms with Gasteiger partial charge in [-0.2, -0.15) is 0 Å². The van der Waals surface area contributed by atoms with Crippen molar-refractivity contribution in [3.63, 3.8) is 0 Å². The summed E-state index contributed by atoms with van der Waals surface area (Å²) >= 11 is 0. The van der Waals surface area contributed by atoms with Crippen LogP contribution in [0.1, 0.15) is 59.8 Å². The zero-order valence-corrected chi connectivity index (χ0v) is 12.3. The molecule has 0 aromatic rings. The first kappa shape index (κ1) is 13.4. The minimum atomic E-state index is 0.743. The Bertz CT molecular complexity index is 228. The first-order valence-electron chi connectivity index (χ1n) is 7.83. The van der Waals surface area contributed by atoms with Gasteiger partial charge < -0.3 is 4.90 Å². The molecule has 1 saturated carbocycles. The van der Waals surface area contributed by atoms with E-state index in [1.165, 1.54) is 45.2 Å². The lowest BCUT2D eigenvalue weighted by Crippen LogP contribution is -2.47. The van der Waals surface area contributed by atoms with Crippen molar-refractivity contribution in [1.29, 1.82) is 0 Å². The number of likely N-dealkylation sites (tertiary alicyclic amines) is 1. The molecule has 2 aliphatic rings. The third-order valence-electron chi connectivity index (χ3n) is 5.34. The van der Waals surface area contributed by atoms with Crippen LogP contribution in [0.3, 0.4) is 0 Å². The van der Waals surface area contributed by atoms with E-state index in [2.05, 4.69) is 32.6 Å². The maximum Gasteiger partial charge on any atom is 0.00387 e. The van der Waals surface area contributed by atoms with Gasteiger partial charge in [0.1, 0.15) is 0 Å². The quantitative estimate of drug-likeness (QED) is 0.712. The van der Waals surface area contributed by atoms with Gasteiger partial charge in [0.2, 0.25) is 0 Å². The van der Waals surface area contributed by atoms with Crippen LogP contribution >= 0.6 is 0 Å². The van der Waals surface area contributed by atoms with Crippen molar-refractivity contribution in [2.45, 2.75) is 65.8 Å². The van der Waals surface area contributed by atoms with Crippen molar-refractivity contribution >= 4 is 0 Å². The van der Waals surface area contributed by atoms with E-state index in [0.717, 1.165) is 29.7 Å². The zero-order chi connectivity index (χ0) is 12.4. The summed E-state index contributed by atoms with van der Waals surface area (Å²) in [7, 11) is 0. The Morgan fingerprint density at radius 3 is 2.12 bits per heavy atom. The van der Waals surface area contributed by atoms with E-state index in [1.807, 2.05) is 0 Å². The van der Waals surface area contributed by atoms with E-state index >= 15 is 0 Å². The topological polar surface area (TPSA) is 3.24 Å². The second-order valence-electron chi connectivity index (χ2n) is 6.99. The largest absolute Gasteiger partial charge is 0.301 e. The van der Waals surface area contributed by atoms with Crippen LogP contribution in [0.5, 0.6) is 0 Å². The van der Waals surface area contributed by atoms with Gasteiger partial charge in [0.05, 0.1) is 0 Å². The fraction of sp³-hybridized carbons (Fsp3) is 1.00. The molecule has 2 unspecified atom stereocenters. The molecule has 1 aliphatic heterocycles. The second-order valence-corrected chi connectivity index (χ2v) is 6.99. The van der Waals surface area contributed by atoms with Crippen LogP contribution in [0.25, 0.3) is 0 Å². The number of nitrogens with zero attached hydrogens (tertiary/aromatic N) is 1. The van der Waals surface area contributed by atoms with Gasteiger partial charge in [-0.1, -0.05) is 39.5 Å². The van der Waals surface area contributed by atoms with Gasteiger partial charge in [0.15, 0.2) is 0 Å². The summed E-state index contributed by atoms with van der Waals surface area (Å²) in [6.07, 6.45) is 7.46. The van der Waals surface area contributed by atoms with Crippen molar-refractivity contribution < 1.29 is 0 Å². The van der Waals surface area contributed by atoms with Gasteiger partial charge in [-0.3, -0.25) is 0 Å². The third-order valence-corrected chi connectivity index (χ3v) is 5.34. The molecule has 2 atom stereocenters. The highest BCUT2D eigenvalue weighted by molar-refractivity contribution is 4.89. The third kappa shape index (κ3) is 3.05. The van der Waals surface area contributed by atoms with Crippen LogP contribution in [-0.4, -0.2) is 24.0 Å². The molecule has 1 saturated heterocycles. The van der Waals surface area contributed by atoms with Crippen LogP contribution in [0.15, 0.2) is 0 Å². The first-order chi connectivity index (χ1) is 8.09. The lowest BCUT2D eigenvalue weighted by Gasteiger charge is -2.45. The standard InChI is InChI=1S/C16H31N/c1-12(2)15-9-10-17(13(3)4)11-16(15)14-7-5-6-8-14/h12-16H,5-11H2,1-4H3. The van der Waals surface area contributed by atoms with Crippen LogP contribution in [0.4, 0.5) is 0 Å². The normalized spacial score (nSPS) is 32.8. The SMILES string of the molecule is CC(C)C1CCN(C(C)C)CC1C1CCCC1. The summed E-state index contributed by atoms with van der Waals surface area (Å²) in [5.41, 5.74) is 0. The average molecular weight is 237 g/mol. The Morgan fingerprint density at radius 1 is 0.941 bits per heavy atom. The highest BCUT2D eigenvalue weighted by Gasteiger charge is 2.37. The van der Waals surface area contributed by atoms with Crippen LogP contribution in [-0.2, 0) is 0 Å². The molecule has 1 heterocycles. The minimum absolute atomic E-state index is 0.743. The molecule has 1 aliphatic carbocycles. The van der Waals surface area contributed by atoms with Gasteiger partial charge in [-0.25, -0.2) is 0 Å². The molecule has 0 spiro atoms. The Hall–Kier alpha value is -0.0400. The molecule has 1 nitrogen and oxygen atoms in total. The highest BCUT2D eigenvalue weighted by atomic mass is 15.2. The predicted molar refractivity (Wildman–Crippen MR) is 75.1 cm³/mol. The summed E-state index contributed by atoms with van der Waals surface area (Å²) in [4.78, 5) is 2.72. The summed E-state index contributed by atoms with van der Waals surface area (Å²) in [6.45, 7) is 12.3. The smallest absolute Gasteiger partial charge is 0.00387 e. The minimum Gasteiger partial charge on any atom is -0.301 e. The average Bonchev–Trinajstić information content (AvgIpc) is 2.81. The second kappa shape index (κ2) is 5.73. The number of rotatable bonds is 3. The van der Waals surface area contributed by atoms with Crippen LogP contribution in [0, 0.1) is 23.7 Å². The van der Waals surface area contributed by atoms with Crippen molar-refractivity contribution in [2.75, 3.05) is 13.1 Å². The summed E-state index contributed by atoms with van der Waals surface area (Å²) < 4.78 is 0. The van der Waals surface area contributed by atoms with E-state index in [9.17, 15) is 0 Å². The summed E-state index contributed by atoms with van der Waals surface area (Å²) in [5.74, 6) is 3.92. The van der Waals surface area contributed by atoms with Crippen molar-refractivity contribution in [3.05, 3.63) is 0 Å². The molecule has 0 aromatic carbocycles. The molecule has 0 radical (unpaired) electrons. The van der Waals surface area contributed by atoms with Crippen molar-refractivity contribution in [1.82, 2.24) is 4.90 Å². The molecular formula is C16H31N. The number of hydrogen-bond donors (Lipinski definition) is 0. The Balaban J connectivity index is 2.03. The molecule has 0 aromatic heterocycles. The molecule has 0 bridgehead atoms. The van der Waals surface area contributed by atoms with Crippen LogP contribution in [0.2, 0.25) is 0 Å². The van der Waals surface area contributed by atoms with Crippen LogP contribution < -0.4 is 0 Å². The van der Waals surface area contributed by atoms with Gasteiger partial charge in [-0.15, -0.1) is 0 Å². The van der Waals surface area contributed by atoms with E-state index in [-0.39, 0.29) is 0 Å². The maximum absolute atomic E-state index is 2.72. The number of piperidine rings is 1. The molecule has 1 heteroatoms. The molecule has 17 heavy (non-hydrogen) atoms. The fourth-order valence-corrected chi connectivity index (χ4v) is 4.21. The van der Waals surface area contributed by atoms with Crippen molar-refractivity contribution in [2.24, 2.45) is 23.7 Å². The van der Waals surface area contributed by atoms with E-state index in [4.69, 9.17) is 0 Å². The van der Waals surface area contributed by atoms with E-state index < -0.39 is 0 Å². The maximum atomic E-state index is 2.72. The predicted octanol–water partition coefficient (Wildman–Crippen LogP) is 4.18. The molecule has 2 fully saturated rings. The molecule has 2 rings (SSSR count). The number of hydrogen-bond acceptors (Lipinski definition) is 1. The van der Waals surface area contributed by atoms with E-state index in [0.29, 0.717) is 0 Å². The monoisotopic (exact) mass is 237 g/mol. The highest BCUT2D eigenvalue weighted by Crippen LogP contribution is 2.42. The lowest BCUT2D eigenvalue weighted by atomic mass is 9.71. The first-order valence-corrected chi connectivity index (χ1v) is 7.83. The van der Waals surface area contributed by atoms with Gasteiger partial charge in [0.25, 0.3) is 0 Å². The molecular weight excluding hydrogens is 206 g/mol. The summed E-state index contributed by atoms with van der Waals surface area (Å²) in [5, 5.41) is 0. The van der Waals surface area contributed by atoms with Gasteiger partial charge >= 0.3 is 0 Å². The van der Waals surface area contributed by atoms with Crippen molar-refractivity contribution in [3.8, 4) is 0 Å². The van der Waals surface area contributed by atoms with E-state index in [1.54, 1.807) is 0 Å².